The van der Waals surface area contributed by atoms with Crippen LogP contribution < -0.4 is 5.73 Å². The van der Waals surface area contributed by atoms with E-state index in [0.717, 1.165) is 17.7 Å². The fourth-order valence-corrected chi connectivity index (χ4v) is 1.56. The van der Waals surface area contributed by atoms with Gasteiger partial charge in [0, 0.05) is 11.8 Å². The summed E-state index contributed by atoms with van der Waals surface area (Å²) in [7, 11) is 0. The first-order valence-corrected chi connectivity index (χ1v) is 5.52. The molecule has 0 aliphatic carbocycles. The van der Waals surface area contributed by atoms with E-state index in [1.165, 1.54) is 0 Å². The molecule has 0 spiro atoms. The Balaban J connectivity index is 2.65. The molecule has 1 aromatic rings. The van der Waals surface area contributed by atoms with E-state index < -0.39 is 6.10 Å². The maximum atomic E-state index is 9.70. The van der Waals surface area contributed by atoms with E-state index in [-0.39, 0.29) is 0 Å². The van der Waals surface area contributed by atoms with Gasteiger partial charge in [-0.2, -0.15) is 11.8 Å². The van der Waals surface area contributed by atoms with Gasteiger partial charge < -0.3 is 10.8 Å². The third-order valence-corrected chi connectivity index (χ3v) is 2.47. The molecule has 0 amide bonds. The van der Waals surface area contributed by atoms with Crippen molar-refractivity contribution in [3.63, 3.8) is 0 Å². The lowest BCUT2D eigenvalue weighted by atomic mass is 10.1. The summed E-state index contributed by atoms with van der Waals surface area (Å²) in [6.07, 6.45) is 3.87. The van der Waals surface area contributed by atoms with Gasteiger partial charge >= 0.3 is 0 Å². The fourth-order valence-electron chi connectivity index (χ4n) is 1.10. The number of aromatic nitrogens is 1. The second-order valence-corrected chi connectivity index (χ2v) is 3.76. The summed E-state index contributed by atoms with van der Waals surface area (Å²) in [5.41, 5.74) is 6.35. The lowest BCUT2D eigenvalue weighted by Crippen LogP contribution is -2.04. The largest absolute Gasteiger partial charge is 0.388 e. The van der Waals surface area contributed by atoms with E-state index >= 15 is 0 Å². The molecule has 0 saturated heterocycles. The third-order valence-electron chi connectivity index (χ3n) is 1.83. The quantitative estimate of drug-likeness (QED) is 0.768. The van der Waals surface area contributed by atoms with Gasteiger partial charge in [0.05, 0.1) is 6.10 Å². The number of aliphatic hydroxyl groups excluding tert-OH is 1. The van der Waals surface area contributed by atoms with Crippen molar-refractivity contribution in [1.29, 1.82) is 0 Å². The number of hydrogen-bond donors (Lipinski definition) is 2. The summed E-state index contributed by atoms with van der Waals surface area (Å²) in [4.78, 5) is 3.92. The first-order valence-electron chi connectivity index (χ1n) is 4.13. The predicted molar refractivity (Wildman–Crippen MR) is 56.6 cm³/mol. The first kappa shape index (κ1) is 10.3. The summed E-state index contributed by atoms with van der Waals surface area (Å²) in [5, 5.41) is 9.70. The zero-order valence-corrected chi connectivity index (χ0v) is 8.42. The van der Waals surface area contributed by atoms with Gasteiger partial charge in [-0.3, -0.25) is 0 Å². The summed E-state index contributed by atoms with van der Waals surface area (Å²) >= 11 is 1.71. The highest BCUT2D eigenvalue weighted by atomic mass is 32.2. The minimum absolute atomic E-state index is 0.427. The molecule has 0 aromatic carbocycles. The Labute approximate surface area is 82.4 Å². The third kappa shape index (κ3) is 2.90. The molecule has 1 atom stereocenters. The molecule has 0 radical (unpaired) electrons. The topological polar surface area (TPSA) is 59.1 Å². The summed E-state index contributed by atoms with van der Waals surface area (Å²) < 4.78 is 0. The number of anilines is 1. The standard InChI is InChI=1S/C9H14N2OS/c1-13-6-4-8(12)7-3-2-5-11-9(7)10/h2-3,5,8,12H,4,6H2,1H3,(H2,10,11). The van der Waals surface area contributed by atoms with Gasteiger partial charge in [0.15, 0.2) is 0 Å². The van der Waals surface area contributed by atoms with Crippen LogP contribution in [0.3, 0.4) is 0 Å². The smallest absolute Gasteiger partial charge is 0.129 e. The van der Waals surface area contributed by atoms with Crippen LogP contribution in [0.25, 0.3) is 0 Å². The number of nitrogens with two attached hydrogens (primary N) is 1. The highest BCUT2D eigenvalue weighted by Gasteiger charge is 2.10. The lowest BCUT2D eigenvalue weighted by Gasteiger charge is -2.11. The monoisotopic (exact) mass is 198 g/mol. The zero-order chi connectivity index (χ0) is 9.68. The van der Waals surface area contributed by atoms with Gasteiger partial charge in [-0.1, -0.05) is 6.07 Å². The lowest BCUT2D eigenvalue weighted by molar-refractivity contribution is 0.175. The molecule has 0 fully saturated rings. The van der Waals surface area contributed by atoms with Crippen molar-refractivity contribution in [3.8, 4) is 0 Å². The molecule has 4 heteroatoms. The van der Waals surface area contributed by atoms with E-state index in [1.807, 2.05) is 12.3 Å². The van der Waals surface area contributed by atoms with Gasteiger partial charge in [-0.05, 0) is 24.5 Å². The Morgan fingerprint density at radius 2 is 2.46 bits per heavy atom. The van der Waals surface area contributed by atoms with E-state index in [9.17, 15) is 5.11 Å². The van der Waals surface area contributed by atoms with Crippen molar-refractivity contribution in [3.05, 3.63) is 23.9 Å². The molecular weight excluding hydrogens is 184 g/mol. The molecule has 1 rings (SSSR count). The molecule has 3 N–H and O–H groups in total. The number of rotatable bonds is 4. The number of aliphatic hydroxyl groups is 1. The Morgan fingerprint density at radius 3 is 3.08 bits per heavy atom. The van der Waals surface area contributed by atoms with Crippen LogP contribution in [0.4, 0.5) is 5.82 Å². The van der Waals surface area contributed by atoms with Gasteiger partial charge in [-0.15, -0.1) is 0 Å². The number of nitrogens with zero attached hydrogens (tertiary/aromatic N) is 1. The predicted octanol–water partition coefficient (Wildman–Crippen LogP) is 1.45. The molecule has 0 bridgehead atoms. The Kier molecular flexibility index (Phi) is 4.05. The summed E-state index contributed by atoms with van der Waals surface area (Å²) in [5.74, 6) is 1.35. The Hall–Kier alpha value is -0.740. The summed E-state index contributed by atoms with van der Waals surface area (Å²) in [6.45, 7) is 0. The minimum Gasteiger partial charge on any atom is -0.388 e. The molecule has 0 aliphatic heterocycles. The Bertz CT molecular complexity index is 268. The zero-order valence-electron chi connectivity index (χ0n) is 7.60. The number of hydrogen-bond acceptors (Lipinski definition) is 4. The van der Waals surface area contributed by atoms with E-state index in [2.05, 4.69) is 4.98 Å². The average Bonchev–Trinajstić information content (AvgIpc) is 2.15. The van der Waals surface area contributed by atoms with Gasteiger partial charge in [0.1, 0.15) is 5.82 Å². The second-order valence-electron chi connectivity index (χ2n) is 2.78. The SMILES string of the molecule is CSCCC(O)c1cccnc1N. The van der Waals surface area contributed by atoms with Crippen molar-refractivity contribution < 1.29 is 5.11 Å². The Morgan fingerprint density at radius 1 is 1.69 bits per heavy atom. The van der Waals surface area contributed by atoms with E-state index in [4.69, 9.17) is 5.73 Å². The molecule has 0 aliphatic rings. The molecular formula is C9H14N2OS. The molecule has 1 heterocycles. The first-order chi connectivity index (χ1) is 6.25. The van der Waals surface area contributed by atoms with Crippen molar-refractivity contribution in [2.45, 2.75) is 12.5 Å². The van der Waals surface area contributed by atoms with Crippen molar-refractivity contribution >= 4 is 17.6 Å². The van der Waals surface area contributed by atoms with Gasteiger partial charge in [0.25, 0.3) is 0 Å². The number of nitrogen functional groups attached to an aromatic ring is 1. The minimum atomic E-state index is -0.485. The molecule has 72 valence electrons. The summed E-state index contributed by atoms with van der Waals surface area (Å²) in [6, 6.07) is 3.60. The second kappa shape index (κ2) is 5.09. The van der Waals surface area contributed by atoms with Crippen LogP contribution in [-0.2, 0) is 0 Å². The molecule has 0 saturated carbocycles. The average molecular weight is 198 g/mol. The van der Waals surface area contributed by atoms with Crippen LogP contribution in [0.2, 0.25) is 0 Å². The van der Waals surface area contributed by atoms with Crippen molar-refractivity contribution in [1.82, 2.24) is 4.98 Å². The van der Waals surface area contributed by atoms with Crippen LogP contribution in [0, 0.1) is 0 Å². The molecule has 13 heavy (non-hydrogen) atoms. The highest BCUT2D eigenvalue weighted by Crippen LogP contribution is 2.21. The van der Waals surface area contributed by atoms with Crippen LogP contribution in [0.5, 0.6) is 0 Å². The number of thioether (sulfide) groups is 1. The molecule has 1 aromatic heterocycles. The molecule has 3 nitrogen and oxygen atoms in total. The van der Waals surface area contributed by atoms with Crippen LogP contribution in [0.15, 0.2) is 18.3 Å². The highest BCUT2D eigenvalue weighted by molar-refractivity contribution is 7.98. The van der Waals surface area contributed by atoms with Crippen LogP contribution >= 0.6 is 11.8 Å². The molecule has 1 unspecified atom stereocenters. The maximum Gasteiger partial charge on any atom is 0.129 e. The van der Waals surface area contributed by atoms with Crippen LogP contribution in [-0.4, -0.2) is 22.1 Å². The van der Waals surface area contributed by atoms with E-state index in [1.54, 1.807) is 24.0 Å². The van der Waals surface area contributed by atoms with E-state index in [0.29, 0.717) is 5.82 Å². The normalized spacial score (nSPS) is 12.8. The number of pyridine rings is 1. The van der Waals surface area contributed by atoms with Crippen molar-refractivity contribution in [2.24, 2.45) is 0 Å². The van der Waals surface area contributed by atoms with Crippen LogP contribution in [0.1, 0.15) is 18.1 Å². The van der Waals surface area contributed by atoms with Crippen molar-refractivity contribution in [2.75, 3.05) is 17.7 Å². The maximum absolute atomic E-state index is 9.70. The fraction of sp³-hybridized carbons (Fsp3) is 0.444. The van der Waals surface area contributed by atoms with Gasteiger partial charge in [-0.25, -0.2) is 4.98 Å². The van der Waals surface area contributed by atoms with Gasteiger partial charge in [0.2, 0.25) is 0 Å².